The smallest absolute Gasteiger partial charge is 0.213 e. The molecule has 1 aromatic rings. The average Bonchev–Trinajstić information content (AvgIpc) is 2.64. The van der Waals surface area contributed by atoms with Crippen molar-refractivity contribution in [3.05, 3.63) is 23.4 Å². The zero-order chi connectivity index (χ0) is 11.5. The first-order chi connectivity index (χ1) is 7.69. The van der Waals surface area contributed by atoms with Crippen LogP contribution in [0, 0.1) is 18.3 Å². The molecule has 2 rings (SSSR count). The molecule has 0 saturated carbocycles. The highest BCUT2D eigenvalue weighted by Gasteiger charge is 2.22. The minimum atomic E-state index is 0.190. The second-order valence-corrected chi connectivity index (χ2v) is 4.18. The number of nitrogens with zero attached hydrogens (tertiary/aromatic N) is 2. The van der Waals surface area contributed by atoms with Crippen LogP contribution in [0.25, 0.3) is 0 Å². The molecular formula is C12H15N3O. The lowest BCUT2D eigenvalue weighted by molar-refractivity contribution is 0.211. The first-order valence-electron chi connectivity index (χ1n) is 5.47. The molecule has 1 aliphatic rings. The Balaban J connectivity index is 2.05. The number of hydrogen-bond donors (Lipinski definition) is 1. The van der Waals surface area contributed by atoms with Gasteiger partial charge in [-0.2, -0.15) is 5.26 Å². The van der Waals surface area contributed by atoms with Crippen LogP contribution in [0.5, 0.6) is 5.88 Å². The van der Waals surface area contributed by atoms with Crippen LogP contribution in [-0.4, -0.2) is 23.7 Å². The van der Waals surface area contributed by atoms with Crippen molar-refractivity contribution in [1.82, 2.24) is 10.3 Å². The molecule has 0 spiro atoms. The van der Waals surface area contributed by atoms with Gasteiger partial charge in [0.25, 0.3) is 0 Å². The number of aryl methyl sites for hydroxylation is 1. The Hall–Kier alpha value is -1.60. The SMILES string of the molecule is Cc1nc(O[C@H]2CN[C@@H](C)C2)ccc1C#N. The second kappa shape index (κ2) is 4.50. The summed E-state index contributed by atoms with van der Waals surface area (Å²) in [5.74, 6) is 0.609. The van der Waals surface area contributed by atoms with E-state index >= 15 is 0 Å². The molecule has 0 bridgehead atoms. The van der Waals surface area contributed by atoms with Gasteiger partial charge >= 0.3 is 0 Å². The third kappa shape index (κ3) is 2.31. The summed E-state index contributed by atoms with van der Waals surface area (Å²) in [6, 6.07) is 6.11. The first kappa shape index (κ1) is 10.9. The number of pyridine rings is 1. The van der Waals surface area contributed by atoms with Gasteiger partial charge in [0.15, 0.2) is 0 Å². The molecule has 1 N–H and O–H groups in total. The van der Waals surface area contributed by atoms with Crippen LogP contribution >= 0.6 is 0 Å². The van der Waals surface area contributed by atoms with Crippen molar-refractivity contribution in [3.8, 4) is 11.9 Å². The van der Waals surface area contributed by atoms with Crippen molar-refractivity contribution in [2.45, 2.75) is 32.4 Å². The summed E-state index contributed by atoms with van der Waals surface area (Å²) < 4.78 is 5.74. The normalized spacial score (nSPS) is 24.1. The maximum Gasteiger partial charge on any atom is 0.213 e. The van der Waals surface area contributed by atoms with E-state index in [0.29, 0.717) is 17.5 Å². The fourth-order valence-corrected chi connectivity index (χ4v) is 1.88. The summed E-state index contributed by atoms with van der Waals surface area (Å²) in [5.41, 5.74) is 1.32. The van der Waals surface area contributed by atoms with Gasteiger partial charge < -0.3 is 10.1 Å². The summed E-state index contributed by atoms with van der Waals surface area (Å²) in [6.45, 7) is 4.82. The molecule has 84 valence electrons. The van der Waals surface area contributed by atoms with Crippen molar-refractivity contribution >= 4 is 0 Å². The summed E-state index contributed by atoms with van der Waals surface area (Å²) in [4.78, 5) is 4.26. The monoisotopic (exact) mass is 217 g/mol. The molecule has 4 heteroatoms. The Kier molecular flexibility index (Phi) is 3.07. The molecule has 0 amide bonds. The molecule has 0 aliphatic carbocycles. The molecule has 4 nitrogen and oxygen atoms in total. The third-order valence-corrected chi connectivity index (χ3v) is 2.78. The van der Waals surface area contributed by atoms with Gasteiger partial charge in [-0.3, -0.25) is 0 Å². The average molecular weight is 217 g/mol. The summed E-state index contributed by atoms with van der Waals surface area (Å²) in [6.07, 6.45) is 1.19. The van der Waals surface area contributed by atoms with E-state index in [-0.39, 0.29) is 6.10 Å². The van der Waals surface area contributed by atoms with Gasteiger partial charge in [-0.05, 0) is 19.9 Å². The molecule has 2 heterocycles. The van der Waals surface area contributed by atoms with Crippen molar-refractivity contribution in [2.75, 3.05) is 6.54 Å². The minimum Gasteiger partial charge on any atom is -0.473 e. The van der Waals surface area contributed by atoms with Crippen LogP contribution < -0.4 is 10.1 Å². The number of nitriles is 1. The molecule has 1 aliphatic heterocycles. The predicted octanol–water partition coefficient (Wildman–Crippen LogP) is 1.39. The molecule has 16 heavy (non-hydrogen) atoms. The maximum atomic E-state index is 8.79. The molecule has 0 radical (unpaired) electrons. The van der Waals surface area contributed by atoms with E-state index in [1.807, 2.05) is 6.92 Å². The fourth-order valence-electron chi connectivity index (χ4n) is 1.88. The van der Waals surface area contributed by atoms with Gasteiger partial charge in [0.05, 0.1) is 11.3 Å². The lowest BCUT2D eigenvalue weighted by atomic mass is 10.2. The van der Waals surface area contributed by atoms with Crippen molar-refractivity contribution < 1.29 is 4.74 Å². The quantitative estimate of drug-likeness (QED) is 0.813. The van der Waals surface area contributed by atoms with Crippen LogP contribution in [-0.2, 0) is 0 Å². The van der Waals surface area contributed by atoms with Gasteiger partial charge in [-0.25, -0.2) is 4.98 Å². The second-order valence-electron chi connectivity index (χ2n) is 4.18. The maximum absolute atomic E-state index is 8.79. The van der Waals surface area contributed by atoms with Gasteiger partial charge in [0.2, 0.25) is 5.88 Å². The van der Waals surface area contributed by atoms with Crippen LogP contribution in [0.4, 0.5) is 0 Å². The Morgan fingerprint density at radius 1 is 1.56 bits per heavy atom. The van der Waals surface area contributed by atoms with Crippen LogP contribution in [0.2, 0.25) is 0 Å². The standard InChI is InChI=1S/C12H15N3O/c1-8-5-11(7-14-8)16-12-4-3-10(6-13)9(2)15-12/h3-4,8,11,14H,5,7H2,1-2H3/t8-,11+/m0/s1. The molecule has 1 aromatic heterocycles. The number of ether oxygens (including phenoxy) is 1. The summed E-state index contributed by atoms with van der Waals surface area (Å²) in [5, 5.41) is 12.1. The molecule has 0 aromatic carbocycles. The number of hydrogen-bond acceptors (Lipinski definition) is 4. The van der Waals surface area contributed by atoms with Gasteiger partial charge in [0.1, 0.15) is 12.2 Å². The van der Waals surface area contributed by atoms with Gasteiger partial charge in [-0.1, -0.05) is 0 Å². The first-order valence-corrected chi connectivity index (χ1v) is 5.47. The van der Waals surface area contributed by atoms with Gasteiger partial charge in [0, 0.05) is 25.1 Å². The van der Waals surface area contributed by atoms with E-state index in [0.717, 1.165) is 18.7 Å². The Labute approximate surface area is 95.3 Å². The molecule has 2 atom stereocenters. The molecular weight excluding hydrogens is 202 g/mol. The largest absolute Gasteiger partial charge is 0.473 e. The topological polar surface area (TPSA) is 57.9 Å². The Morgan fingerprint density at radius 3 is 2.94 bits per heavy atom. The predicted molar refractivity (Wildman–Crippen MR) is 60.2 cm³/mol. The van der Waals surface area contributed by atoms with Crippen molar-refractivity contribution in [1.29, 1.82) is 5.26 Å². The molecule has 1 fully saturated rings. The third-order valence-electron chi connectivity index (χ3n) is 2.78. The molecule has 0 unspecified atom stereocenters. The van der Waals surface area contributed by atoms with E-state index in [1.54, 1.807) is 12.1 Å². The number of nitrogens with one attached hydrogen (secondary N) is 1. The zero-order valence-corrected chi connectivity index (χ0v) is 9.53. The van der Waals surface area contributed by atoms with E-state index in [1.165, 1.54) is 0 Å². The minimum absolute atomic E-state index is 0.190. The number of aromatic nitrogens is 1. The van der Waals surface area contributed by atoms with E-state index in [2.05, 4.69) is 23.3 Å². The van der Waals surface area contributed by atoms with Crippen LogP contribution in [0.15, 0.2) is 12.1 Å². The highest BCUT2D eigenvalue weighted by Crippen LogP contribution is 2.16. The summed E-state index contributed by atoms with van der Waals surface area (Å²) in [7, 11) is 0. The van der Waals surface area contributed by atoms with E-state index in [4.69, 9.17) is 10.00 Å². The fraction of sp³-hybridized carbons (Fsp3) is 0.500. The highest BCUT2D eigenvalue weighted by molar-refractivity contribution is 5.34. The zero-order valence-electron chi connectivity index (χ0n) is 9.53. The Bertz CT molecular complexity index is 425. The summed E-state index contributed by atoms with van der Waals surface area (Å²) >= 11 is 0. The lowest BCUT2D eigenvalue weighted by Gasteiger charge is -2.12. The van der Waals surface area contributed by atoms with Crippen LogP contribution in [0.1, 0.15) is 24.6 Å². The highest BCUT2D eigenvalue weighted by atomic mass is 16.5. The Morgan fingerprint density at radius 2 is 2.38 bits per heavy atom. The number of rotatable bonds is 2. The van der Waals surface area contributed by atoms with Crippen LogP contribution in [0.3, 0.4) is 0 Å². The lowest BCUT2D eigenvalue weighted by Crippen LogP contribution is -2.21. The van der Waals surface area contributed by atoms with Crippen molar-refractivity contribution in [2.24, 2.45) is 0 Å². The molecule has 1 saturated heterocycles. The van der Waals surface area contributed by atoms with E-state index in [9.17, 15) is 0 Å². The van der Waals surface area contributed by atoms with Crippen molar-refractivity contribution in [3.63, 3.8) is 0 Å². The van der Waals surface area contributed by atoms with E-state index < -0.39 is 0 Å². The van der Waals surface area contributed by atoms with Gasteiger partial charge in [-0.15, -0.1) is 0 Å².